The molecule has 0 bridgehead atoms. The summed E-state index contributed by atoms with van der Waals surface area (Å²) in [5.41, 5.74) is 0.382. The van der Waals surface area contributed by atoms with Crippen LogP contribution in [0.3, 0.4) is 0 Å². The average Bonchev–Trinajstić information content (AvgIpc) is 3.23. The number of benzene rings is 1. The average molecular weight is 450 g/mol. The number of hydrogen-bond donors (Lipinski definition) is 0. The first-order valence-corrected chi connectivity index (χ1v) is 11.3. The molecule has 1 aliphatic rings. The summed E-state index contributed by atoms with van der Waals surface area (Å²) in [6.07, 6.45) is 1.58. The molecule has 0 spiro atoms. The van der Waals surface area contributed by atoms with Crippen molar-refractivity contribution in [3.05, 3.63) is 41.7 Å². The number of anilines is 1. The zero-order valence-electron chi connectivity index (χ0n) is 16.9. The van der Waals surface area contributed by atoms with Gasteiger partial charge in [-0.15, -0.1) is 10.2 Å². The van der Waals surface area contributed by atoms with Gasteiger partial charge in [0.25, 0.3) is 11.8 Å². The Bertz CT molecular complexity index is 1190. The molecule has 0 N–H and O–H groups in total. The highest BCUT2D eigenvalue weighted by molar-refractivity contribution is 7.89. The zero-order chi connectivity index (χ0) is 22.2. The van der Waals surface area contributed by atoms with Gasteiger partial charge in [0, 0.05) is 26.2 Å². The third-order valence-corrected chi connectivity index (χ3v) is 6.95. The fourth-order valence-electron chi connectivity index (χ4n) is 3.29. The minimum Gasteiger partial charge on any atom is -0.414 e. The molecule has 0 amide bonds. The quantitative estimate of drug-likeness (QED) is 0.583. The second-order valence-electron chi connectivity index (χ2n) is 6.96. The van der Waals surface area contributed by atoms with Crippen LogP contribution >= 0.6 is 0 Å². The molecule has 31 heavy (non-hydrogen) atoms. The minimum absolute atomic E-state index is 0.0169. The van der Waals surface area contributed by atoms with E-state index < -0.39 is 27.2 Å². The number of halogens is 2. The van der Waals surface area contributed by atoms with E-state index in [-0.39, 0.29) is 23.2 Å². The highest BCUT2D eigenvalue weighted by Crippen LogP contribution is 2.29. The van der Waals surface area contributed by atoms with Crippen molar-refractivity contribution in [2.75, 3.05) is 36.8 Å². The Hall–Kier alpha value is -2.99. The van der Waals surface area contributed by atoms with Gasteiger partial charge in [0.15, 0.2) is 5.69 Å². The Balaban J connectivity index is 1.59. The van der Waals surface area contributed by atoms with Crippen LogP contribution in [-0.2, 0) is 10.0 Å². The molecule has 2 aromatic heterocycles. The standard InChI is InChI=1S/C19H20F2N6O3S/c1-3-31(28,29)27-9-7-26(8-10-27)15-11-22-12(2)17(23-15)19-25-24-18(30-19)16-13(20)5-4-6-14(16)21/h4-6,11H,3,7-10H2,1-2H3. The van der Waals surface area contributed by atoms with Gasteiger partial charge in [0.05, 0.1) is 17.6 Å². The molecule has 9 nitrogen and oxygen atoms in total. The van der Waals surface area contributed by atoms with Crippen molar-refractivity contribution >= 4 is 15.8 Å². The van der Waals surface area contributed by atoms with E-state index in [1.807, 2.05) is 4.90 Å². The number of aryl methyl sites for hydroxylation is 1. The maximum absolute atomic E-state index is 14.0. The first kappa shape index (κ1) is 21.2. The van der Waals surface area contributed by atoms with Crippen LogP contribution in [0.25, 0.3) is 23.0 Å². The molecular formula is C19H20F2N6O3S. The van der Waals surface area contributed by atoms with Gasteiger partial charge in [-0.2, -0.15) is 4.31 Å². The van der Waals surface area contributed by atoms with Crippen molar-refractivity contribution in [3.63, 3.8) is 0 Å². The van der Waals surface area contributed by atoms with E-state index in [1.165, 1.54) is 10.4 Å². The molecule has 1 aromatic carbocycles. The van der Waals surface area contributed by atoms with Crippen molar-refractivity contribution in [2.45, 2.75) is 13.8 Å². The first-order valence-electron chi connectivity index (χ1n) is 9.65. The Morgan fingerprint density at radius 1 is 1.06 bits per heavy atom. The summed E-state index contributed by atoms with van der Waals surface area (Å²) in [4.78, 5) is 10.8. The van der Waals surface area contributed by atoms with Crippen molar-refractivity contribution < 1.29 is 21.6 Å². The van der Waals surface area contributed by atoms with Crippen LogP contribution in [0.5, 0.6) is 0 Å². The van der Waals surface area contributed by atoms with E-state index in [4.69, 9.17) is 4.42 Å². The van der Waals surface area contributed by atoms with Gasteiger partial charge >= 0.3 is 0 Å². The number of sulfonamides is 1. The lowest BCUT2D eigenvalue weighted by Crippen LogP contribution is -2.49. The zero-order valence-corrected chi connectivity index (χ0v) is 17.7. The molecule has 4 rings (SSSR count). The normalized spacial score (nSPS) is 15.4. The van der Waals surface area contributed by atoms with Crippen molar-refractivity contribution in [1.29, 1.82) is 0 Å². The molecule has 0 aliphatic carbocycles. The molecule has 1 aliphatic heterocycles. The predicted octanol–water partition coefficient (Wildman–Crippen LogP) is 2.25. The topological polar surface area (TPSA) is 105 Å². The van der Waals surface area contributed by atoms with E-state index in [2.05, 4.69) is 20.2 Å². The lowest BCUT2D eigenvalue weighted by Gasteiger charge is -2.34. The third-order valence-electron chi connectivity index (χ3n) is 5.07. The van der Waals surface area contributed by atoms with Gasteiger partial charge in [0.2, 0.25) is 10.0 Å². The molecule has 1 fully saturated rings. The highest BCUT2D eigenvalue weighted by Gasteiger charge is 2.27. The van der Waals surface area contributed by atoms with Crippen LogP contribution in [0, 0.1) is 18.6 Å². The lowest BCUT2D eigenvalue weighted by atomic mass is 10.2. The van der Waals surface area contributed by atoms with Crippen molar-refractivity contribution in [2.24, 2.45) is 0 Å². The maximum atomic E-state index is 14.0. The lowest BCUT2D eigenvalue weighted by molar-refractivity contribution is 0.384. The Morgan fingerprint density at radius 2 is 1.71 bits per heavy atom. The molecule has 0 radical (unpaired) electrons. The summed E-state index contributed by atoms with van der Waals surface area (Å²) in [7, 11) is -3.24. The van der Waals surface area contributed by atoms with Crippen LogP contribution < -0.4 is 4.90 Å². The second kappa shape index (κ2) is 8.27. The van der Waals surface area contributed by atoms with E-state index in [9.17, 15) is 17.2 Å². The number of aromatic nitrogens is 4. The number of nitrogens with zero attached hydrogens (tertiary/aromatic N) is 6. The largest absolute Gasteiger partial charge is 0.414 e. The third kappa shape index (κ3) is 4.12. The second-order valence-corrected chi connectivity index (χ2v) is 9.22. The first-order chi connectivity index (χ1) is 14.8. The molecule has 164 valence electrons. The van der Waals surface area contributed by atoms with Crippen LogP contribution in [0.1, 0.15) is 12.6 Å². The molecular weight excluding hydrogens is 430 g/mol. The fourth-order valence-corrected chi connectivity index (χ4v) is 4.38. The van der Waals surface area contributed by atoms with Gasteiger partial charge < -0.3 is 9.32 Å². The molecule has 3 aromatic rings. The maximum Gasteiger partial charge on any atom is 0.268 e. The van der Waals surface area contributed by atoms with Crippen LogP contribution in [0.15, 0.2) is 28.8 Å². The Morgan fingerprint density at radius 3 is 2.35 bits per heavy atom. The predicted molar refractivity (Wildman–Crippen MR) is 109 cm³/mol. The van der Waals surface area contributed by atoms with Gasteiger partial charge in [-0.1, -0.05) is 6.07 Å². The molecule has 0 unspecified atom stereocenters. The van der Waals surface area contributed by atoms with E-state index in [0.29, 0.717) is 37.7 Å². The SMILES string of the molecule is CCS(=O)(=O)N1CCN(c2cnc(C)c(-c3nnc(-c4c(F)cccc4F)o3)n2)CC1. The molecule has 0 saturated carbocycles. The van der Waals surface area contributed by atoms with Gasteiger partial charge in [-0.05, 0) is 26.0 Å². The van der Waals surface area contributed by atoms with Gasteiger partial charge in [-0.25, -0.2) is 22.2 Å². The summed E-state index contributed by atoms with van der Waals surface area (Å²) in [5, 5.41) is 7.65. The molecule has 3 heterocycles. The van der Waals surface area contributed by atoms with Crippen LogP contribution in [-0.4, -0.2) is 64.8 Å². The monoisotopic (exact) mass is 450 g/mol. The van der Waals surface area contributed by atoms with Crippen molar-refractivity contribution in [1.82, 2.24) is 24.5 Å². The highest BCUT2D eigenvalue weighted by atomic mass is 32.2. The van der Waals surface area contributed by atoms with E-state index in [1.54, 1.807) is 20.0 Å². The minimum atomic E-state index is -3.24. The Labute approximate surface area is 177 Å². The molecule has 12 heteroatoms. The summed E-state index contributed by atoms with van der Waals surface area (Å²) in [5.74, 6) is -1.36. The van der Waals surface area contributed by atoms with Gasteiger partial charge in [-0.3, -0.25) is 4.98 Å². The Kier molecular flexibility index (Phi) is 5.67. The summed E-state index contributed by atoms with van der Waals surface area (Å²) < 4.78 is 59.1. The van der Waals surface area contributed by atoms with Crippen molar-refractivity contribution in [3.8, 4) is 23.0 Å². The van der Waals surface area contributed by atoms with E-state index >= 15 is 0 Å². The summed E-state index contributed by atoms with van der Waals surface area (Å²) in [6.45, 7) is 4.91. The molecule has 1 saturated heterocycles. The fraction of sp³-hybridized carbons (Fsp3) is 0.368. The van der Waals surface area contributed by atoms with Gasteiger partial charge in [0.1, 0.15) is 23.0 Å². The molecule has 0 atom stereocenters. The van der Waals surface area contributed by atoms with Crippen LogP contribution in [0.2, 0.25) is 0 Å². The van der Waals surface area contributed by atoms with Crippen LogP contribution in [0.4, 0.5) is 14.6 Å². The number of rotatable bonds is 5. The summed E-state index contributed by atoms with van der Waals surface area (Å²) >= 11 is 0. The summed E-state index contributed by atoms with van der Waals surface area (Å²) in [6, 6.07) is 3.45. The number of piperazine rings is 1. The van der Waals surface area contributed by atoms with E-state index in [0.717, 1.165) is 12.1 Å². The smallest absolute Gasteiger partial charge is 0.268 e. The number of hydrogen-bond acceptors (Lipinski definition) is 8.